The summed E-state index contributed by atoms with van der Waals surface area (Å²) in [6, 6.07) is 11.7. The Morgan fingerprint density at radius 1 is 1.17 bits per heavy atom. The van der Waals surface area contributed by atoms with E-state index in [4.69, 9.17) is 21.1 Å². The molecule has 5 aliphatic rings. The second-order valence-electron chi connectivity index (χ2n) is 15.8. The maximum absolute atomic E-state index is 14.5. The number of anilines is 1. The lowest BCUT2D eigenvalue weighted by Crippen LogP contribution is -2.49. The van der Waals surface area contributed by atoms with Crippen molar-refractivity contribution >= 4 is 39.0 Å². The molecule has 1 N–H and O–H groups in total. The van der Waals surface area contributed by atoms with Crippen molar-refractivity contribution in [2.75, 3.05) is 37.0 Å². The number of fused-ring (bicyclic) bond motifs is 4. The van der Waals surface area contributed by atoms with Crippen LogP contribution < -0.4 is 14.4 Å². The molecule has 2 aliphatic heterocycles. The van der Waals surface area contributed by atoms with Crippen molar-refractivity contribution < 1.29 is 23.3 Å². The molecule has 10 nitrogen and oxygen atoms in total. The van der Waals surface area contributed by atoms with E-state index in [9.17, 15) is 13.8 Å². The lowest BCUT2D eigenvalue weighted by atomic mass is 9.68. The van der Waals surface area contributed by atoms with Crippen LogP contribution in [-0.2, 0) is 33.5 Å². The molecule has 276 valence electrons. The van der Waals surface area contributed by atoms with E-state index in [2.05, 4.69) is 43.4 Å². The number of ether oxygens (including phenoxy) is 2. The minimum Gasteiger partial charge on any atom is -0.490 e. The van der Waals surface area contributed by atoms with Gasteiger partial charge in [-0.05, 0) is 116 Å². The Morgan fingerprint density at radius 2 is 2.04 bits per heavy atom. The van der Waals surface area contributed by atoms with Gasteiger partial charge in [-0.3, -0.25) is 19.0 Å². The zero-order valence-electron chi connectivity index (χ0n) is 30.0. The zero-order chi connectivity index (χ0) is 36.0. The van der Waals surface area contributed by atoms with Crippen molar-refractivity contribution in [3.8, 4) is 5.75 Å². The van der Waals surface area contributed by atoms with Crippen LogP contribution in [0.3, 0.4) is 0 Å². The molecule has 3 aromatic rings. The van der Waals surface area contributed by atoms with Crippen molar-refractivity contribution in [2.24, 2.45) is 35.1 Å². The Bertz CT molecular complexity index is 2020. The maximum atomic E-state index is 14.5. The third-order valence-corrected chi connectivity index (χ3v) is 13.9. The summed E-state index contributed by atoms with van der Waals surface area (Å²) in [6.45, 7) is 4.78. The van der Waals surface area contributed by atoms with Gasteiger partial charge in [0.25, 0.3) is 11.8 Å². The summed E-state index contributed by atoms with van der Waals surface area (Å²) in [5, 5.41) is 4.83. The third-order valence-electron chi connectivity index (χ3n) is 11.7. The van der Waals surface area contributed by atoms with Gasteiger partial charge in [-0.25, -0.2) is 4.21 Å². The van der Waals surface area contributed by atoms with Crippen LogP contribution in [0.25, 0.3) is 0 Å². The molecule has 0 saturated heterocycles. The summed E-state index contributed by atoms with van der Waals surface area (Å²) in [5.74, 6) is 0.782. The Labute approximate surface area is 311 Å². The Kier molecular flexibility index (Phi) is 9.72. The highest BCUT2D eigenvalue weighted by atomic mass is 35.5. The number of carbonyl (C=O) groups is 2. The van der Waals surface area contributed by atoms with Crippen molar-refractivity contribution in [2.45, 2.75) is 69.8 Å². The minimum atomic E-state index is -3.52. The zero-order valence-corrected chi connectivity index (χ0v) is 31.5. The number of amides is 2. The van der Waals surface area contributed by atoms with Crippen LogP contribution in [0.2, 0.25) is 5.02 Å². The van der Waals surface area contributed by atoms with Crippen LogP contribution in [0, 0.1) is 23.7 Å². The van der Waals surface area contributed by atoms with Gasteiger partial charge in [-0.15, -0.1) is 4.36 Å². The summed E-state index contributed by atoms with van der Waals surface area (Å²) in [4.78, 5) is 29.7. The van der Waals surface area contributed by atoms with Crippen LogP contribution in [0.1, 0.15) is 83.7 Å². The lowest BCUT2D eigenvalue weighted by Gasteiger charge is -2.46. The van der Waals surface area contributed by atoms with E-state index in [1.54, 1.807) is 19.3 Å². The number of aryl methyl sites for hydroxylation is 2. The molecule has 1 unspecified atom stereocenters. The predicted octanol–water partition coefficient (Wildman–Crippen LogP) is 6.92. The minimum absolute atomic E-state index is 0.0131. The summed E-state index contributed by atoms with van der Waals surface area (Å²) in [6.07, 6.45) is 15.5. The number of nitrogens with one attached hydrogen (secondary N) is 1. The molecular weight excluding hydrogens is 698 g/mol. The lowest BCUT2D eigenvalue weighted by molar-refractivity contribution is -0.0182. The van der Waals surface area contributed by atoms with E-state index in [0.29, 0.717) is 42.1 Å². The molecule has 1 aromatic heterocycles. The van der Waals surface area contributed by atoms with E-state index in [0.717, 1.165) is 62.5 Å². The van der Waals surface area contributed by atoms with E-state index >= 15 is 0 Å². The largest absolute Gasteiger partial charge is 0.490 e. The fourth-order valence-electron chi connectivity index (χ4n) is 8.57. The molecule has 1 spiro atoms. The Hall–Kier alpha value is -3.67. The first-order valence-electron chi connectivity index (χ1n) is 18.8. The van der Waals surface area contributed by atoms with E-state index in [-0.39, 0.29) is 28.8 Å². The normalized spacial score (nSPS) is 30.9. The first kappa shape index (κ1) is 35.4. The number of benzene rings is 2. The van der Waals surface area contributed by atoms with Gasteiger partial charge in [-0.1, -0.05) is 36.7 Å². The van der Waals surface area contributed by atoms with Crippen molar-refractivity contribution in [3.63, 3.8) is 0 Å². The number of hydrogen-bond acceptors (Lipinski definition) is 7. The first-order valence-corrected chi connectivity index (χ1v) is 20.8. The molecule has 6 atom stereocenters. The molecule has 3 aliphatic carbocycles. The van der Waals surface area contributed by atoms with Crippen molar-refractivity contribution in [1.29, 1.82) is 0 Å². The third kappa shape index (κ3) is 7.41. The molecule has 0 radical (unpaired) electrons. The van der Waals surface area contributed by atoms with Crippen LogP contribution in [0.4, 0.5) is 5.69 Å². The molecule has 2 aromatic carbocycles. The van der Waals surface area contributed by atoms with Crippen LogP contribution in [0.5, 0.6) is 5.75 Å². The number of hydrogen-bond donors (Lipinski definition) is 1. The van der Waals surface area contributed by atoms with E-state index in [1.807, 2.05) is 25.1 Å². The van der Waals surface area contributed by atoms with Crippen LogP contribution in [-0.4, -0.2) is 64.0 Å². The van der Waals surface area contributed by atoms with Crippen molar-refractivity contribution in [1.82, 2.24) is 14.5 Å². The molecule has 3 heterocycles. The molecule has 2 bridgehead atoms. The van der Waals surface area contributed by atoms with Gasteiger partial charge >= 0.3 is 0 Å². The number of carbonyl (C=O) groups excluding carboxylic acids is 2. The fraction of sp³-hybridized carbons (Fsp3) is 0.525. The number of halogens is 1. The highest BCUT2D eigenvalue weighted by Crippen LogP contribution is 2.47. The fourth-order valence-corrected chi connectivity index (χ4v) is 10.7. The van der Waals surface area contributed by atoms with Gasteiger partial charge in [0.15, 0.2) is 0 Å². The molecule has 52 heavy (non-hydrogen) atoms. The van der Waals surface area contributed by atoms with Gasteiger partial charge in [0.1, 0.15) is 15.7 Å². The Balaban J connectivity index is 1.19. The summed E-state index contributed by atoms with van der Waals surface area (Å²) >= 11 is 6.48. The first-order chi connectivity index (χ1) is 25.1. The van der Waals surface area contributed by atoms with Gasteiger partial charge in [0, 0.05) is 42.3 Å². The predicted molar refractivity (Wildman–Crippen MR) is 202 cm³/mol. The van der Waals surface area contributed by atoms with E-state index in [1.165, 1.54) is 34.8 Å². The molecule has 8 rings (SSSR count). The SMILES string of the molecule is C[C@H]1C/C=C\[C@H](OCC2CC2)[C@@H]2CC[C@H]2CN2C[C@@]3(CCCc4cc(Cl)ccc43)COc3ccc(cc32)C(=O)N=S(=O)(NC(=O)c2cnn(C)c2)C1. The Morgan fingerprint density at radius 3 is 2.81 bits per heavy atom. The van der Waals surface area contributed by atoms with Gasteiger partial charge in [0.05, 0.1) is 42.5 Å². The molecule has 2 saturated carbocycles. The van der Waals surface area contributed by atoms with Crippen LogP contribution in [0.15, 0.2) is 65.3 Å². The highest BCUT2D eigenvalue weighted by molar-refractivity contribution is 7.92. The second-order valence-corrected chi connectivity index (χ2v) is 18.3. The monoisotopic (exact) mass is 745 g/mol. The van der Waals surface area contributed by atoms with Gasteiger partial charge in [0.2, 0.25) is 0 Å². The van der Waals surface area contributed by atoms with Gasteiger partial charge < -0.3 is 14.4 Å². The number of rotatable bonds is 5. The van der Waals surface area contributed by atoms with Crippen molar-refractivity contribution in [3.05, 3.63) is 88.2 Å². The molecular formula is C40H48ClN5O5S. The number of allylic oxidation sites excluding steroid dienone is 1. The quantitative estimate of drug-likeness (QED) is 0.282. The number of aromatic nitrogens is 2. The topological polar surface area (TPSA) is 115 Å². The smallest absolute Gasteiger partial charge is 0.286 e. The average Bonchev–Trinajstić information content (AvgIpc) is 3.85. The molecule has 12 heteroatoms. The molecule has 2 amide bonds. The second kappa shape index (κ2) is 14.3. The molecule has 2 fully saturated rings. The number of nitrogens with zero attached hydrogens (tertiary/aromatic N) is 4. The summed E-state index contributed by atoms with van der Waals surface area (Å²) < 4.78 is 36.3. The average molecular weight is 746 g/mol. The highest BCUT2D eigenvalue weighted by Gasteiger charge is 2.45. The van der Waals surface area contributed by atoms with Crippen LogP contribution >= 0.6 is 11.6 Å². The maximum Gasteiger partial charge on any atom is 0.286 e. The van der Waals surface area contributed by atoms with Gasteiger partial charge in [-0.2, -0.15) is 5.10 Å². The standard InChI is InChI=1S/C40H48ClN5O5S/c1-26-5-3-7-36(50-22-27-8-9-27)33-13-10-30(33)21-46-24-40(16-4-6-28-17-32(41)12-14-34(28)40)25-51-37-15-11-29(18-35(37)46)38(47)43-52(49,23-26)44-39(48)31-19-42-45(2)20-31/h3,7,11-12,14-15,17-20,26-27,30,33,36H,4-6,8-10,13,16,21-25H2,1-2H3,(H,43,44,47,48,49)/b7-3-/t26-,30-,33+,36-,40-,52?/m0/s1. The van der Waals surface area contributed by atoms with E-state index < -0.39 is 21.7 Å². The summed E-state index contributed by atoms with van der Waals surface area (Å²) in [7, 11) is -1.82. The summed E-state index contributed by atoms with van der Waals surface area (Å²) in [5.41, 5.74) is 3.69.